The van der Waals surface area contributed by atoms with E-state index in [1.807, 2.05) is 0 Å². The summed E-state index contributed by atoms with van der Waals surface area (Å²) in [7, 11) is 0. The monoisotopic (exact) mass is 448 g/mol. The van der Waals surface area contributed by atoms with Crippen LogP contribution < -0.4 is 10.6 Å². The summed E-state index contributed by atoms with van der Waals surface area (Å²) in [6, 6.07) is 15.8. The lowest BCUT2D eigenvalue weighted by atomic mass is 10.1. The van der Waals surface area contributed by atoms with Gasteiger partial charge in [0.1, 0.15) is 5.82 Å². The third-order valence-electron chi connectivity index (χ3n) is 4.85. The molecule has 0 radical (unpaired) electrons. The van der Waals surface area contributed by atoms with E-state index in [1.54, 1.807) is 72.7 Å². The van der Waals surface area contributed by atoms with Crippen LogP contribution in [-0.2, 0) is 0 Å². The van der Waals surface area contributed by atoms with Crippen LogP contribution in [-0.4, -0.2) is 21.4 Å². The van der Waals surface area contributed by atoms with Crippen LogP contribution in [0.5, 0.6) is 0 Å². The highest BCUT2D eigenvalue weighted by atomic mass is 35.5. The normalized spacial score (nSPS) is 10.6. The minimum Gasteiger partial charge on any atom is -0.322 e. The first-order valence-corrected chi connectivity index (χ1v) is 10.1. The molecule has 0 bridgehead atoms. The van der Waals surface area contributed by atoms with Gasteiger partial charge in [-0.2, -0.15) is 0 Å². The predicted octanol–water partition coefficient (Wildman–Crippen LogP) is 5.48. The van der Waals surface area contributed by atoms with Gasteiger partial charge in [0.05, 0.1) is 22.6 Å². The van der Waals surface area contributed by atoms with Crippen molar-refractivity contribution in [3.8, 4) is 5.69 Å². The molecule has 0 aliphatic heterocycles. The van der Waals surface area contributed by atoms with Crippen molar-refractivity contribution in [1.82, 2.24) is 9.55 Å². The number of hydrogen-bond donors (Lipinski definition) is 2. The first-order chi connectivity index (χ1) is 15.4. The summed E-state index contributed by atoms with van der Waals surface area (Å²) < 4.78 is 15.7. The number of nitrogens with zero attached hydrogens (tertiary/aromatic N) is 2. The molecule has 6 nitrogen and oxygen atoms in total. The Morgan fingerprint density at radius 2 is 1.81 bits per heavy atom. The lowest BCUT2D eigenvalue weighted by molar-refractivity contribution is 0.101. The highest BCUT2D eigenvalue weighted by molar-refractivity contribution is 6.32. The second kappa shape index (κ2) is 9.03. The van der Waals surface area contributed by atoms with Crippen molar-refractivity contribution in [3.63, 3.8) is 0 Å². The summed E-state index contributed by atoms with van der Waals surface area (Å²) in [5, 5.41) is 5.91. The van der Waals surface area contributed by atoms with Crippen molar-refractivity contribution in [2.75, 3.05) is 10.6 Å². The molecule has 0 fully saturated rings. The Morgan fingerprint density at radius 3 is 2.53 bits per heavy atom. The van der Waals surface area contributed by atoms with Crippen molar-refractivity contribution in [2.24, 2.45) is 0 Å². The van der Waals surface area contributed by atoms with Crippen molar-refractivity contribution in [1.29, 1.82) is 0 Å². The summed E-state index contributed by atoms with van der Waals surface area (Å²) in [5.41, 5.74) is 2.65. The zero-order valence-electron chi connectivity index (χ0n) is 17.0. The average molecular weight is 449 g/mol. The number of carbonyl (C=O) groups is 2. The molecule has 0 aliphatic rings. The Bertz CT molecular complexity index is 1310. The van der Waals surface area contributed by atoms with Gasteiger partial charge in [-0.25, -0.2) is 9.37 Å². The van der Waals surface area contributed by atoms with Gasteiger partial charge in [0.25, 0.3) is 11.8 Å². The molecule has 0 spiro atoms. The second-order valence-electron chi connectivity index (χ2n) is 7.05. The number of rotatable bonds is 5. The first kappa shape index (κ1) is 21.3. The van der Waals surface area contributed by atoms with Crippen molar-refractivity contribution < 1.29 is 14.0 Å². The number of halogens is 2. The van der Waals surface area contributed by atoms with Crippen LogP contribution in [0.15, 0.2) is 79.4 Å². The molecule has 4 aromatic rings. The Morgan fingerprint density at radius 1 is 1.00 bits per heavy atom. The van der Waals surface area contributed by atoms with Crippen LogP contribution in [0.3, 0.4) is 0 Å². The van der Waals surface area contributed by atoms with Gasteiger partial charge in [-0.15, -0.1) is 0 Å². The van der Waals surface area contributed by atoms with E-state index in [9.17, 15) is 14.0 Å². The van der Waals surface area contributed by atoms with E-state index in [4.69, 9.17) is 11.6 Å². The molecule has 3 aromatic carbocycles. The van der Waals surface area contributed by atoms with E-state index in [-0.39, 0.29) is 11.5 Å². The number of benzene rings is 3. The highest BCUT2D eigenvalue weighted by Crippen LogP contribution is 2.25. The summed E-state index contributed by atoms with van der Waals surface area (Å²) in [6.07, 6.45) is 5.04. The summed E-state index contributed by atoms with van der Waals surface area (Å²) >= 11 is 6.35. The minimum absolute atomic E-state index is 0.0746. The lowest BCUT2D eigenvalue weighted by Crippen LogP contribution is -2.16. The van der Waals surface area contributed by atoms with E-state index < -0.39 is 11.7 Å². The van der Waals surface area contributed by atoms with E-state index in [2.05, 4.69) is 15.6 Å². The molecule has 0 unspecified atom stereocenters. The molecule has 32 heavy (non-hydrogen) atoms. The Labute approximate surface area is 188 Å². The van der Waals surface area contributed by atoms with E-state index in [1.165, 1.54) is 18.2 Å². The fourth-order valence-corrected chi connectivity index (χ4v) is 3.41. The first-order valence-electron chi connectivity index (χ1n) is 9.68. The maximum atomic E-state index is 13.9. The average Bonchev–Trinajstić information content (AvgIpc) is 3.30. The Hall–Kier alpha value is -3.97. The zero-order chi connectivity index (χ0) is 22.7. The van der Waals surface area contributed by atoms with Crippen LogP contribution in [0.1, 0.15) is 26.3 Å². The molecule has 0 aliphatic carbocycles. The molecule has 160 valence electrons. The molecule has 1 heterocycles. The molecule has 2 amide bonds. The van der Waals surface area contributed by atoms with Crippen molar-refractivity contribution >= 4 is 34.8 Å². The van der Waals surface area contributed by atoms with Gasteiger partial charge in [-0.1, -0.05) is 29.8 Å². The Kier molecular flexibility index (Phi) is 6.00. The summed E-state index contributed by atoms with van der Waals surface area (Å²) in [5.74, 6) is -1.59. The van der Waals surface area contributed by atoms with Crippen LogP contribution in [0.25, 0.3) is 5.69 Å². The molecule has 8 heteroatoms. The van der Waals surface area contributed by atoms with E-state index >= 15 is 0 Å². The topological polar surface area (TPSA) is 76.0 Å². The smallest absolute Gasteiger partial charge is 0.258 e. The summed E-state index contributed by atoms with van der Waals surface area (Å²) in [6.45, 7) is 1.78. The fourth-order valence-electron chi connectivity index (χ4n) is 3.13. The minimum atomic E-state index is -0.618. The number of nitrogens with one attached hydrogen (secondary N) is 2. The number of amides is 2. The number of aryl methyl sites for hydroxylation is 1. The predicted molar refractivity (Wildman–Crippen MR) is 122 cm³/mol. The fraction of sp³-hybridized carbons (Fsp3) is 0.0417. The molecule has 4 rings (SSSR count). The number of imidazole rings is 1. The second-order valence-corrected chi connectivity index (χ2v) is 7.46. The van der Waals surface area contributed by atoms with E-state index in [0.29, 0.717) is 22.0 Å². The summed E-state index contributed by atoms with van der Waals surface area (Å²) in [4.78, 5) is 29.2. The molecule has 2 N–H and O–H groups in total. The van der Waals surface area contributed by atoms with Crippen LogP contribution in [0.4, 0.5) is 15.8 Å². The van der Waals surface area contributed by atoms with Gasteiger partial charge in [0.2, 0.25) is 0 Å². The van der Waals surface area contributed by atoms with E-state index in [0.717, 1.165) is 11.3 Å². The maximum Gasteiger partial charge on any atom is 0.258 e. The molecule has 0 atom stereocenters. The van der Waals surface area contributed by atoms with Gasteiger partial charge in [0, 0.05) is 29.3 Å². The molecule has 1 aromatic heterocycles. The van der Waals surface area contributed by atoms with Gasteiger partial charge >= 0.3 is 0 Å². The number of carbonyl (C=O) groups excluding carboxylic acids is 2. The van der Waals surface area contributed by atoms with Crippen molar-refractivity contribution in [2.45, 2.75) is 6.92 Å². The molecule has 0 saturated carbocycles. The van der Waals surface area contributed by atoms with Gasteiger partial charge in [-0.3, -0.25) is 9.59 Å². The number of hydrogen-bond acceptors (Lipinski definition) is 3. The zero-order valence-corrected chi connectivity index (χ0v) is 17.7. The molecular weight excluding hydrogens is 431 g/mol. The van der Waals surface area contributed by atoms with Gasteiger partial charge < -0.3 is 15.2 Å². The van der Waals surface area contributed by atoms with Crippen LogP contribution in [0.2, 0.25) is 5.02 Å². The standard InChI is InChI=1S/C24H18ClFN4O2/c1-15-6-7-16(12-21(15)29-24(32)18-4-2-3-5-20(18)26)23(31)28-17-8-9-22(19(25)13-17)30-11-10-27-14-30/h2-14H,1H3,(H,28,31)(H,29,32). The number of aromatic nitrogens is 2. The highest BCUT2D eigenvalue weighted by Gasteiger charge is 2.15. The molecular formula is C24H18ClFN4O2. The maximum absolute atomic E-state index is 13.9. The van der Waals surface area contributed by atoms with Crippen LogP contribution >= 0.6 is 11.6 Å². The molecule has 0 saturated heterocycles. The van der Waals surface area contributed by atoms with Crippen molar-refractivity contribution in [3.05, 3.63) is 107 Å². The number of anilines is 2. The third-order valence-corrected chi connectivity index (χ3v) is 5.16. The quantitative estimate of drug-likeness (QED) is 0.424. The third kappa shape index (κ3) is 4.53. The Balaban J connectivity index is 1.52. The SMILES string of the molecule is Cc1ccc(C(=O)Nc2ccc(-n3ccnc3)c(Cl)c2)cc1NC(=O)c1ccccc1F. The lowest BCUT2D eigenvalue weighted by Gasteiger charge is -2.12. The van der Waals surface area contributed by atoms with Gasteiger partial charge in [-0.05, 0) is 55.0 Å². The van der Waals surface area contributed by atoms with Gasteiger partial charge in [0.15, 0.2) is 0 Å². The van der Waals surface area contributed by atoms with Crippen LogP contribution in [0, 0.1) is 12.7 Å². The largest absolute Gasteiger partial charge is 0.322 e.